The Hall–Kier alpha value is -1.29. The van der Waals surface area contributed by atoms with Crippen molar-refractivity contribution in [1.29, 1.82) is 0 Å². The molecule has 70 valence electrons. The summed E-state index contributed by atoms with van der Waals surface area (Å²) in [4.78, 5) is 15.0. The average molecular weight is 201 g/mol. The number of carbonyl (C=O) groups is 1. The molecule has 1 N–H and O–H groups in total. The molecule has 5 heteroatoms. The number of hydrogen-bond acceptors (Lipinski definition) is 4. The fourth-order valence-corrected chi connectivity index (χ4v) is 1.04. The van der Waals surface area contributed by atoms with Gasteiger partial charge in [0.25, 0.3) is 0 Å². The predicted molar refractivity (Wildman–Crippen MR) is 50.1 cm³/mol. The van der Waals surface area contributed by atoms with Gasteiger partial charge in [-0.25, -0.2) is 9.78 Å². The largest absolute Gasteiger partial charge is 0.464 e. The molecule has 1 rings (SSSR count). The molecule has 0 aliphatic rings. The number of nitrogens with zero attached hydrogens (tertiary/aromatic N) is 1. The van der Waals surface area contributed by atoms with Gasteiger partial charge in [-0.1, -0.05) is 11.6 Å². The Morgan fingerprint density at radius 1 is 1.62 bits per heavy atom. The lowest BCUT2D eigenvalue weighted by atomic mass is 10.3. The molecular formula is C8H9ClN2O2. The number of carbonyl (C=O) groups excluding carboxylic acids is 1. The summed E-state index contributed by atoms with van der Waals surface area (Å²) in [6.07, 6.45) is 0. The molecule has 0 unspecified atom stereocenters. The highest BCUT2D eigenvalue weighted by atomic mass is 35.5. The smallest absolute Gasteiger partial charge is 0.358 e. The third-order valence-corrected chi connectivity index (χ3v) is 1.72. The molecular weight excluding hydrogens is 192 g/mol. The molecule has 0 atom stereocenters. The van der Waals surface area contributed by atoms with Crippen molar-refractivity contribution in [1.82, 2.24) is 4.98 Å². The third kappa shape index (κ3) is 2.09. The summed E-state index contributed by atoms with van der Waals surface area (Å²) in [5.74, 6) is -0.508. The second kappa shape index (κ2) is 4.09. The highest BCUT2D eigenvalue weighted by Gasteiger charge is 2.12. The van der Waals surface area contributed by atoms with Crippen LogP contribution in [0.1, 0.15) is 10.5 Å². The maximum absolute atomic E-state index is 11.2. The number of aromatic nitrogens is 1. The van der Waals surface area contributed by atoms with Crippen molar-refractivity contribution in [3.05, 3.63) is 23.0 Å². The summed E-state index contributed by atoms with van der Waals surface area (Å²) in [5, 5.41) is 3.08. The number of hydrogen-bond donors (Lipinski definition) is 1. The van der Waals surface area contributed by atoms with Gasteiger partial charge in [0.1, 0.15) is 5.15 Å². The lowest BCUT2D eigenvalue weighted by molar-refractivity contribution is 0.0595. The van der Waals surface area contributed by atoms with Crippen LogP contribution >= 0.6 is 11.6 Å². The predicted octanol–water partition coefficient (Wildman–Crippen LogP) is 1.56. The summed E-state index contributed by atoms with van der Waals surface area (Å²) >= 11 is 5.63. The molecule has 0 aliphatic carbocycles. The highest BCUT2D eigenvalue weighted by Crippen LogP contribution is 2.16. The number of nitrogens with one attached hydrogen (secondary N) is 1. The summed E-state index contributed by atoms with van der Waals surface area (Å²) in [6.45, 7) is 0. The summed E-state index contributed by atoms with van der Waals surface area (Å²) < 4.78 is 4.53. The van der Waals surface area contributed by atoms with Crippen LogP contribution in [-0.4, -0.2) is 25.1 Å². The van der Waals surface area contributed by atoms with Gasteiger partial charge >= 0.3 is 5.97 Å². The minimum absolute atomic E-state index is 0.192. The number of methoxy groups -OCH3 is 1. The van der Waals surface area contributed by atoms with Crippen LogP contribution in [0.5, 0.6) is 0 Å². The van der Waals surface area contributed by atoms with Crippen LogP contribution in [0.4, 0.5) is 5.69 Å². The van der Waals surface area contributed by atoms with Gasteiger partial charge in [-0.3, -0.25) is 0 Å². The normalized spacial score (nSPS) is 9.46. The van der Waals surface area contributed by atoms with Gasteiger partial charge in [0.05, 0.1) is 12.8 Å². The van der Waals surface area contributed by atoms with Gasteiger partial charge in [-0.2, -0.15) is 0 Å². The van der Waals surface area contributed by atoms with E-state index in [0.29, 0.717) is 5.69 Å². The molecule has 0 radical (unpaired) electrons. The first-order valence-electron chi connectivity index (χ1n) is 3.61. The number of esters is 1. The zero-order valence-electron chi connectivity index (χ0n) is 7.30. The Kier molecular flexibility index (Phi) is 3.08. The van der Waals surface area contributed by atoms with Gasteiger partial charge in [0.2, 0.25) is 0 Å². The molecule has 4 nitrogen and oxygen atoms in total. The van der Waals surface area contributed by atoms with E-state index in [1.165, 1.54) is 7.11 Å². The molecule has 1 aromatic rings. The first-order valence-corrected chi connectivity index (χ1v) is 3.99. The molecule has 0 fully saturated rings. The molecule has 1 heterocycles. The Morgan fingerprint density at radius 3 is 2.85 bits per heavy atom. The topological polar surface area (TPSA) is 51.2 Å². The molecule has 0 saturated heterocycles. The van der Waals surface area contributed by atoms with Crippen molar-refractivity contribution in [2.24, 2.45) is 0 Å². The summed E-state index contributed by atoms with van der Waals surface area (Å²) in [5.41, 5.74) is 0.786. The molecule has 1 aromatic heterocycles. The van der Waals surface area contributed by atoms with E-state index in [-0.39, 0.29) is 10.8 Å². The van der Waals surface area contributed by atoms with Crippen LogP contribution in [0, 0.1) is 0 Å². The van der Waals surface area contributed by atoms with Gasteiger partial charge in [0, 0.05) is 7.05 Å². The number of anilines is 1. The van der Waals surface area contributed by atoms with Crippen molar-refractivity contribution in [3.63, 3.8) is 0 Å². The second-order valence-corrected chi connectivity index (χ2v) is 2.66. The van der Waals surface area contributed by atoms with Crippen LogP contribution in [0.3, 0.4) is 0 Å². The van der Waals surface area contributed by atoms with E-state index in [0.717, 1.165) is 0 Å². The van der Waals surface area contributed by atoms with E-state index < -0.39 is 5.97 Å². The number of pyridine rings is 1. The first kappa shape index (κ1) is 9.80. The zero-order chi connectivity index (χ0) is 9.84. The number of rotatable bonds is 2. The van der Waals surface area contributed by atoms with Crippen LogP contribution in [0.2, 0.25) is 5.15 Å². The summed E-state index contributed by atoms with van der Waals surface area (Å²) in [7, 11) is 2.99. The van der Waals surface area contributed by atoms with Gasteiger partial charge < -0.3 is 10.1 Å². The number of halogens is 1. The van der Waals surface area contributed by atoms with Crippen molar-refractivity contribution >= 4 is 23.3 Å². The van der Waals surface area contributed by atoms with Gasteiger partial charge in [0.15, 0.2) is 5.69 Å². The molecule has 0 saturated carbocycles. The quantitative estimate of drug-likeness (QED) is 0.582. The Labute approximate surface area is 80.9 Å². The zero-order valence-corrected chi connectivity index (χ0v) is 8.05. The van der Waals surface area contributed by atoms with Crippen LogP contribution in [0.25, 0.3) is 0 Å². The maximum atomic E-state index is 11.2. The lowest BCUT2D eigenvalue weighted by Gasteiger charge is -2.05. The van der Waals surface area contributed by atoms with E-state index >= 15 is 0 Å². The third-order valence-electron chi connectivity index (χ3n) is 1.51. The molecule has 13 heavy (non-hydrogen) atoms. The second-order valence-electron chi connectivity index (χ2n) is 2.27. The Bertz CT molecular complexity index is 328. The lowest BCUT2D eigenvalue weighted by Crippen LogP contribution is -2.08. The molecule has 0 amide bonds. The Balaban J connectivity index is 3.15. The van der Waals surface area contributed by atoms with Crippen molar-refractivity contribution in [3.8, 4) is 0 Å². The fraction of sp³-hybridized carbons (Fsp3) is 0.250. The van der Waals surface area contributed by atoms with Crippen molar-refractivity contribution in [2.45, 2.75) is 0 Å². The minimum atomic E-state index is -0.508. The van der Waals surface area contributed by atoms with Crippen molar-refractivity contribution in [2.75, 3.05) is 19.5 Å². The SMILES string of the molecule is CNc1ccc(Cl)nc1C(=O)OC. The molecule has 0 aliphatic heterocycles. The van der Waals surface area contributed by atoms with Gasteiger partial charge in [-0.15, -0.1) is 0 Å². The molecule has 0 aromatic carbocycles. The fourth-order valence-electron chi connectivity index (χ4n) is 0.889. The van der Waals surface area contributed by atoms with E-state index in [4.69, 9.17) is 11.6 Å². The molecule has 0 spiro atoms. The van der Waals surface area contributed by atoms with Crippen LogP contribution < -0.4 is 5.32 Å². The first-order chi connectivity index (χ1) is 6.19. The van der Waals surface area contributed by atoms with E-state index in [9.17, 15) is 4.79 Å². The minimum Gasteiger partial charge on any atom is -0.464 e. The van der Waals surface area contributed by atoms with Crippen molar-refractivity contribution < 1.29 is 9.53 Å². The highest BCUT2D eigenvalue weighted by molar-refractivity contribution is 6.29. The standard InChI is InChI=1S/C8H9ClN2O2/c1-10-5-3-4-6(9)11-7(5)8(12)13-2/h3-4,10H,1-2H3. The van der Waals surface area contributed by atoms with E-state index in [1.807, 2.05) is 0 Å². The van der Waals surface area contributed by atoms with E-state index in [2.05, 4.69) is 15.0 Å². The number of ether oxygens (including phenoxy) is 1. The van der Waals surface area contributed by atoms with Gasteiger partial charge in [-0.05, 0) is 12.1 Å². The summed E-state index contributed by atoms with van der Waals surface area (Å²) in [6, 6.07) is 3.27. The monoisotopic (exact) mass is 200 g/mol. The van der Waals surface area contributed by atoms with Crippen LogP contribution in [0.15, 0.2) is 12.1 Å². The maximum Gasteiger partial charge on any atom is 0.358 e. The van der Waals surface area contributed by atoms with E-state index in [1.54, 1.807) is 19.2 Å². The molecule has 0 bridgehead atoms. The average Bonchev–Trinajstić information content (AvgIpc) is 2.16. The van der Waals surface area contributed by atoms with Crippen LogP contribution in [-0.2, 0) is 4.74 Å². The Morgan fingerprint density at radius 2 is 2.31 bits per heavy atom.